The van der Waals surface area contributed by atoms with E-state index >= 15 is 0 Å². The predicted octanol–water partition coefficient (Wildman–Crippen LogP) is 6.92. The number of hydrogen-bond donors (Lipinski definition) is 0. The molecular formula is C26H33NO4. The Kier molecular flexibility index (Phi) is 7.10. The SMILES string of the molecule is CCCCCCCCC1C=CC(Oc2ccc(C(=O)OC)o2)=C2N=C3CCCCC3=C21. The zero-order valence-electron chi connectivity index (χ0n) is 18.7. The van der Waals surface area contributed by atoms with Gasteiger partial charge >= 0.3 is 5.97 Å². The molecule has 2 heterocycles. The van der Waals surface area contributed by atoms with Gasteiger partial charge in [-0.3, -0.25) is 0 Å². The van der Waals surface area contributed by atoms with Crippen LogP contribution in [-0.4, -0.2) is 18.8 Å². The highest BCUT2D eigenvalue weighted by molar-refractivity contribution is 6.05. The number of rotatable bonds is 10. The number of unbranched alkanes of at least 4 members (excludes halogenated alkanes) is 5. The molecule has 1 saturated carbocycles. The lowest BCUT2D eigenvalue weighted by Crippen LogP contribution is -2.13. The molecule has 3 aliphatic rings. The van der Waals surface area contributed by atoms with Crippen LogP contribution < -0.4 is 4.74 Å². The largest absolute Gasteiger partial charge is 0.463 e. The fourth-order valence-corrected chi connectivity index (χ4v) is 4.77. The molecule has 0 N–H and O–H groups in total. The highest BCUT2D eigenvalue weighted by Crippen LogP contribution is 2.44. The number of allylic oxidation sites excluding steroid dienone is 4. The minimum atomic E-state index is -0.513. The number of hydrogen-bond acceptors (Lipinski definition) is 5. The molecule has 166 valence electrons. The van der Waals surface area contributed by atoms with Gasteiger partial charge in [0.1, 0.15) is 5.70 Å². The number of furan rings is 1. The Morgan fingerprint density at radius 1 is 1.13 bits per heavy atom. The Labute approximate surface area is 184 Å². The van der Waals surface area contributed by atoms with E-state index in [1.807, 2.05) is 6.08 Å². The van der Waals surface area contributed by atoms with Crippen molar-refractivity contribution in [1.29, 1.82) is 0 Å². The lowest BCUT2D eigenvalue weighted by atomic mass is 9.81. The van der Waals surface area contributed by atoms with E-state index in [0.717, 1.165) is 25.0 Å². The van der Waals surface area contributed by atoms with Crippen LogP contribution in [0.2, 0.25) is 0 Å². The van der Waals surface area contributed by atoms with Gasteiger partial charge in [0, 0.05) is 17.7 Å². The lowest BCUT2D eigenvalue weighted by Gasteiger charge is -2.23. The third-order valence-corrected chi connectivity index (χ3v) is 6.40. The monoisotopic (exact) mass is 423 g/mol. The second kappa shape index (κ2) is 10.2. The van der Waals surface area contributed by atoms with Crippen molar-refractivity contribution in [3.05, 3.63) is 52.6 Å². The van der Waals surface area contributed by atoms with Crippen LogP contribution in [0.4, 0.5) is 0 Å². The molecule has 1 aromatic rings. The van der Waals surface area contributed by atoms with Crippen LogP contribution in [-0.2, 0) is 4.74 Å². The number of esters is 1. The Balaban J connectivity index is 1.50. The fourth-order valence-electron chi connectivity index (χ4n) is 4.77. The van der Waals surface area contributed by atoms with Crippen molar-refractivity contribution in [1.82, 2.24) is 0 Å². The van der Waals surface area contributed by atoms with E-state index < -0.39 is 5.97 Å². The quantitative estimate of drug-likeness (QED) is 0.303. The van der Waals surface area contributed by atoms with E-state index in [9.17, 15) is 4.79 Å². The van der Waals surface area contributed by atoms with Gasteiger partial charge in [0.25, 0.3) is 5.95 Å². The first-order valence-corrected chi connectivity index (χ1v) is 11.8. The second-order valence-electron chi connectivity index (χ2n) is 8.61. The van der Waals surface area contributed by atoms with Gasteiger partial charge in [-0.15, -0.1) is 0 Å². The molecular weight excluding hydrogens is 390 g/mol. The molecule has 0 saturated heterocycles. The summed E-state index contributed by atoms with van der Waals surface area (Å²) in [6.45, 7) is 2.26. The molecule has 5 heteroatoms. The molecule has 2 aliphatic carbocycles. The summed E-state index contributed by atoms with van der Waals surface area (Å²) in [5.41, 5.74) is 5.00. The number of methoxy groups -OCH3 is 1. The van der Waals surface area contributed by atoms with E-state index in [0.29, 0.717) is 11.7 Å². The van der Waals surface area contributed by atoms with E-state index in [2.05, 4.69) is 13.0 Å². The maximum Gasteiger partial charge on any atom is 0.374 e. The van der Waals surface area contributed by atoms with E-state index in [1.165, 1.54) is 75.3 Å². The van der Waals surface area contributed by atoms with Crippen LogP contribution in [0.5, 0.6) is 5.95 Å². The molecule has 1 aliphatic heterocycles. The minimum absolute atomic E-state index is 0.133. The van der Waals surface area contributed by atoms with Gasteiger partial charge in [-0.25, -0.2) is 9.79 Å². The summed E-state index contributed by atoms with van der Waals surface area (Å²) < 4.78 is 16.3. The number of fused-ring (bicyclic) bond motifs is 2. The molecule has 1 unspecified atom stereocenters. The molecule has 1 atom stereocenters. The average Bonchev–Trinajstić information content (AvgIpc) is 3.42. The maximum absolute atomic E-state index is 11.7. The van der Waals surface area contributed by atoms with Gasteiger partial charge in [-0.1, -0.05) is 51.5 Å². The molecule has 0 spiro atoms. The van der Waals surface area contributed by atoms with Crippen molar-refractivity contribution in [2.24, 2.45) is 10.9 Å². The molecule has 4 rings (SSSR count). The van der Waals surface area contributed by atoms with E-state index in [1.54, 1.807) is 12.1 Å². The van der Waals surface area contributed by atoms with Crippen LogP contribution >= 0.6 is 0 Å². The Bertz CT molecular complexity index is 931. The van der Waals surface area contributed by atoms with Crippen LogP contribution in [0.3, 0.4) is 0 Å². The van der Waals surface area contributed by atoms with Crippen LogP contribution in [0.25, 0.3) is 0 Å². The zero-order chi connectivity index (χ0) is 21.6. The van der Waals surface area contributed by atoms with E-state index in [4.69, 9.17) is 18.9 Å². The number of carbonyl (C=O) groups excluding carboxylic acids is 1. The van der Waals surface area contributed by atoms with Crippen molar-refractivity contribution in [3.63, 3.8) is 0 Å². The summed E-state index contributed by atoms with van der Waals surface area (Å²) in [4.78, 5) is 16.7. The van der Waals surface area contributed by atoms with Crippen molar-refractivity contribution in [2.45, 2.75) is 77.6 Å². The van der Waals surface area contributed by atoms with Crippen molar-refractivity contribution < 1.29 is 18.7 Å². The predicted molar refractivity (Wildman–Crippen MR) is 121 cm³/mol. The van der Waals surface area contributed by atoms with Crippen molar-refractivity contribution >= 4 is 11.7 Å². The van der Waals surface area contributed by atoms with E-state index in [-0.39, 0.29) is 11.7 Å². The number of carbonyl (C=O) groups is 1. The Hall–Kier alpha value is -2.56. The summed E-state index contributed by atoms with van der Waals surface area (Å²) in [6.07, 6.45) is 17.9. The Morgan fingerprint density at radius 2 is 1.94 bits per heavy atom. The number of nitrogens with zero attached hydrogens (tertiary/aromatic N) is 1. The van der Waals surface area contributed by atoms with Gasteiger partial charge in [0.15, 0.2) is 5.76 Å². The molecule has 31 heavy (non-hydrogen) atoms. The highest BCUT2D eigenvalue weighted by atomic mass is 16.6. The van der Waals surface area contributed by atoms with Gasteiger partial charge in [-0.05, 0) is 55.4 Å². The number of aliphatic imine (C=N–C) groups is 1. The second-order valence-corrected chi connectivity index (χ2v) is 8.61. The van der Waals surface area contributed by atoms with Gasteiger partial charge in [0.2, 0.25) is 5.76 Å². The zero-order valence-corrected chi connectivity index (χ0v) is 18.7. The molecule has 0 amide bonds. The molecule has 5 nitrogen and oxygen atoms in total. The van der Waals surface area contributed by atoms with Gasteiger partial charge in [-0.2, -0.15) is 0 Å². The normalized spacial score (nSPS) is 19.9. The molecule has 0 bridgehead atoms. The maximum atomic E-state index is 11.7. The highest BCUT2D eigenvalue weighted by Gasteiger charge is 2.34. The summed E-state index contributed by atoms with van der Waals surface area (Å²) in [5.74, 6) is 1.01. The third-order valence-electron chi connectivity index (χ3n) is 6.40. The summed E-state index contributed by atoms with van der Waals surface area (Å²) in [6, 6.07) is 3.22. The van der Waals surface area contributed by atoms with Crippen LogP contribution in [0, 0.1) is 5.92 Å². The average molecular weight is 424 g/mol. The first-order valence-electron chi connectivity index (χ1n) is 11.8. The summed E-state index contributed by atoms with van der Waals surface area (Å²) in [7, 11) is 1.33. The third kappa shape index (κ3) is 4.86. The number of ether oxygens (including phenoxy) is 2. The summed E-state index contributed by atoms with van der Waals surface area (Å²) in [5, 5.41) is 0. The van der Waals surface area contributed by atoms with Crippen LogP contribution in [0.15, 0.2) is 56.3 Å². The fraction of sp³-hybridized carbons (Fsp3) is 0.538. The molecule has 1 aromatic heterocycles. The lowest BCUT2D eigenvalue weighted by molar-refractivity contribution is 0.0559. The Morgan fingerprint density at radius 3 is 2.77 bits per heavy atom. The minimum Gasteiger partial charge on any atom is -0.463 e. The molecule has 0 radical (unpaired) electrons. The molecule has 1 fully saturated rings. The van der Waals surface area contributed by atoms with Crippen molar-refractivity contribution in [2.75, 3.05) is 7.11 Å². The van der Waals surface area contributed by atoms with Crippen LogP contribution in [0.1, 0.15) is 88.1 Å². The van der Waals surface area contributed by atoms with Gasteiger partial charge in [0.05, 0.1) is 7.11 Å². The van der Waals surface area contributed by atoms with Crippen molar-refractivity contribution in [3.8, 4) is 5.95 Å². The first-order chi connectivity index (χ1) is 15.2. The first kappa shape index (κ1) is 21.7. The smallest absolute Gasteiger partial charge is 0.374 e. The topological polar surface area (TPSA) is 61.0 Å². The standard InChI is InChI=1S/C26H33NO4/c1-3-4-5-6-7-8-11-18-14-15-21(30-23-17-16-22(31-23)26(28)29-2)25-24(18)19-12-9-10-13-20(19)27-25/h14-18H,3-13H2,1-2H3. The van der Waals surface area contributed by atoms with Gasteiger partial charge < -0.3 is 13.9 Å². The summed E-state index contributed by atoms with van der Waals surface area (Å²) >= 11 is 0. The molecule has 0 aromatic carbocycles.